The van der Waals surface area contributed by atoms with Gasteiger partial charge in [0.05, 0.1) is 18.0 Å². The molecule has 1 unspecified atom stereocenters. The third-order valence-electron chi connectivity index (χ3n) is 9.79. The van der Waals surface area contributed by atoms with E-state index in [0.717, 1.165) is 23.0 Å². The van der Waals surface area contributed by atoms with E-state index in [0.29, 0.717) is 0 Å². The van der Waals surface area contributed by atoms with E-state index in [9.17, 15) is 0 Å². The first kappa shape index (κ1) is 22.6. The number of aromatic nitrogens is 4. The molecule has 8 aromatic rings. The van der Waals surface area contributed by atoms with Crippen LogP contribution in [-0.2, 0) is 5.66 Å². The minimum Gasteiger partial charge on any atom is -0.456 e. The molecule has 1 atom stereocenters. The number of hydrogen-bond acceptors (Lipinski definition) is 1. The van der Waals surface area contributed by atoms with Gasteiger partial charge in [-0.15, -0.1) is 4.68 Å². The number of ether oxygens (including phenoxy) is 1. The molecule has 5 heteroatoms. The molecule has 0 aliphatic carbocycles. The SMILES string of the molecule is c1ccc(-c2ccc(-c3cn4[n+](c3)C35c6c(cccc6-4)Oc4ccc6c7ccccc7n(c6c43)-c3cccc[n+]35)cc2)cc1. The summed E-state index contributed by atoms with van der Waals surface area (Å²) >= 11 is 0. The summed E-state index contributed by atoms with van der Waals surface area (Å²) < 4.78 is 16.4. The van der Waals surface area contributed by atoms with E-state index in [1.807, 2.05) is 0 Å². The number of rotatable bonds is 2. The topological polar surface area (TPSA) is 26.8 Å². The summed E-state index contributed by atoms with van der Waals surface area (Å²) in [6, 6.07) is 45.5. The maximum Gasteiger partial charge on any atom is 0.397 e. The zero-order valence-electron chi connectivity index (χ0n) is 23.6. The van der Waals surface area contributed by atoms with Gasteiger partial charge in [0.2, 0.25) is 6.20 Å². The van der Waals surface area contributed by atoms with E-state index < -0.39 is 5.66 Å². The lowest BCUT2D eigenvalue weighted by Gasteiger charge is -2.32. The number of pyridine rings is 1. The number of fused-ring (bicyclic) bond motifs is 7. The first-order valence-corrected chi connectivity index (χ1v) is 15.0. The van der Waals surface area contributed by atoms with Gasteiger partial charge in [0.15, 0.2) is 11.1 Å². The Morgan fingerprint density at radius 2 is 1.32 bits per heavy atom. The molecule has 6 heterocycles. The third kappa shape index (κ3) is 2.50. The second kappa shape index (κ2) is 7.71. The fourth-order valence-corrected chi connectivity index (χ4v) is 8.05. The van der Waals surface area contributed by atoms with Gasteiger partial charge in [-0.2, -0.15) is 9.13 Å². The molecule has 204 valence electrons. The molecule has 44 heavy (non-hydrogen) atoms. The maximum absolute atomic E-state index is 6.76. The Labute approximate surface area is 252 Å². The molecule has 0 amide bonds. The molecule has 3 aliphatic heterocycles. The van der Waals surface area contributed by atoms with Crippen molar-refractivity contribution >= 4 is 21.8 Å². The maximum atomic E-state index is 6.76. The zero-order valence-corrected chi connectivity index (χ0v) is 23.6. The van der Waals surface area contributed by atoms with Crippen LogP contribution in [0.5, 0.6) is 11.5 Å². The quantitative estimate of drug-likeness (QED) is 0.200. The lowest BCUT2D eigenvalue weighted by Crippen LogP contribution is -2.76. The minimum atomic E-state index is -0.664. The van der Waals surface area contributed by atoms with Crippen LogP contribution in [0.25, 0.3) is 55.6 Å². The van der Waals surface area contributed by atoms with Crippen LogP contribution in [-0.4, -0.2) is 9.25 Å². The predicted molar refractivity (Wildman–Crippen MR) is 169 cm³/mol. The first-order valence-electron chi connectivity index (χ1n) is 15.0. The second-order valence-electron chi connectivity index (χ2n) is 11.9. The van der Waals surface area contributed by atoms with Gasteiger partial charge in [-0.05, 0) is 59.2 Å². The van der Waals surface area contributed by atoms with Crippen molar-refractivity contribution in [3.05, 3.63) is 157 Å². The first-order chi connectivity index (χ1) is 21.8. The highest BCUT2D eigenvalue weighted by molar-refractivity contribution is 6.11. The molecular formula is C39H24N4O+2. The second-order valence-corrected chi connectivity index (χ2v) is 11.9. The molecular weight excluding hydrogens is 540 g/mol. The van der Waals surface area contributed by atoms with Gasteiger partial charge in [-0.3, -0.25) is 0 Å². The molecule has 0 N–H and O–H groups in total. The van der Waals surface area contributed by atoms with E-state index in [2.05, 4.69) is 164 Å². The van der Waals surface area contributed by atoms with Crippen molar-refractivity contribution < 1.29 is 14.0 Å². The summed E-state index contributed by atoms with van der Waals surface area (Å²) in [5.41, 5.74) is 9.98. The fraction of sp³-hybridized carbons (Fsp3) is 0.0256. The normalized spacial score (nSPS) is 16.5. The molecule has 0 fully saturated rings. The summed E-state index contributed by atoms with van der Waals surface area (Å²) in [6.45, 7) is 0. The average molecular weight is 565 g/mol. The molecule has 5 nitrogen and oxygen atoms in total. The predicted octanol–water partition coefficient (Wildman–Crippen LogP) is 7.51. The van der Waals surface area contributed by atoms with Crippen LogP contribution < -0.4 is 14.0 Å². The van der Waals surface area contributed by atoms with Crippen LogP contribution in [0.4, 0.5) is 0 Å². The Kier molecular flexibility index (Phi) is 3.97. The molecule has 5 aromatic carbocycles. The van der Waals surface area contributed by atoms with E-state index in [4.69, 9.17) is 4.74 Å². The van der Waals surface area contributed by atoms with Crippen LogP contribution in [0.3, 0.4) is 0 Å². The molecule has 3 aromatic heterocycles. The van der Waals surface area contributed by atoms with E-state index in [-0.39, 0.29) is 0 Å². The van der Waals surface area contributed by atoms with Crippen molar-refractivity contribution in [1.29, 1.82) is 0 Å². The largest absolute Gasteiger partial charge is 0.456 e. The van der Waals surface area contributed by atoms with Gasteiger partial charge in [0.25, 0.3) is 5.82 Å². The number of benzene rings is 5. The van der Waals surface area contributed by atoms with Gasteiger partial charge in [0.1, 0.15) is 28.3 Å². The smallest absolute Gasteiger partial charge is 0.397 e. The van der Waals surface area contributed by atoms with Crippen LogP contribution in [0, 0.1) is 0 Å². The molecule has 1 spiro atoms. The minimum absolute atomic E-state index is 0.664. The number of hydrogen-bond donors (Lipinski definition) is 0. The Bertz CT molecular complexity index is 2520. The third-order valence-corrected chi connectivity index (χ3v) is 9.79. The molecule has 3 aliphatic rings. The van der Waals surface area contributed by atoms with Gasteiger partial charge in [-0.25, -0.2) is 0 Å². The van der Waals surface area contributed by atoms with Gasteiger partial charge < -0.3 is 4.74 Å². The van der Waals surface area contributed by atoms with E-state index in [1.165, 1.54) is 55.2 Å². The van der Waals surface area contributed by atoms with Gasteiger partial charge in [0, 0.05) is 16.8 Å². The summed E-state index contributed by atoms with van der Waals surface area (Å²) in [7, 11) is 0. The highest BCUT2D eigenvalue weighted by Gasteiger charge is 2.68. The molecule has 0 saturated carbocycles. The monoisotopic (exact) mass is 564 g/mol. The highest BCUT2D eigenvalue weighted by Crippen LogP contribution is 2.55. The zero-order chi connectivity index (χ0) is 28.6. The van der Waals surface area contributed by atoms with Crippen molar-refractivity contribution in [3.63, 3.8) is 0 Å². The molecule has 0 bridgehead atoms. The number of para-hydroxylation sites is 1. The van der Waals surface area contributed by atoms with E-state index in [1.54, 1.807) is 0 Å². The van der Waals surface area contributed by atoms with Crippen LogP contribution in [0.2, 0.25) is 0 Å². The molecule has 0 radical (unpaired) electrons. The van der Waals surface area contributed by atoms with Crippen molar-refractivity contribution in [2.75, 3.05) is 0 Å². The summed E-state index contributed by atoms with van der Waals surface area (Å²) in [5, 5.41) is 2.48. The summed E-state index contributed by atoms with van der Waals surface area (Å²) in [5.74, 6) is 2.91. The Hall–Kier alpha value is -5.94. The van der Waals surface area contributed by atoms with E-state index >= 15 is 0 Å². The van der Waals surface area contributed by atoms with Crippen LogP contribution >= 0.6 is 0 Å². The molecule has 11 rings (SSSR count). The Balaban J connectivity index is 1.25. The lowest BCUT2D eigenvalue weighted by molar-refractivity contribution is -0.993. The Morgan fingerprint density at radius 1 is 0.568 bits per heavy atom. The van der Waals surface area contributed by atoms with Crippen LogP contribution in [0.15, 0.2) is 146 Å². The standard InChI is InChI=1S/C39H24N4O/c1-2-9-25(10-3-1)26-16-18-27(19-17-26)28-23-41-32-13-8-14-33-36(32)39(42(41)24-28)37-34(44-33)21-20-30-29-11-4-5-12-31(29)43(38(30)37)35-15-6-7-22-40(35)39/h1-24H/q+2. The van der Waals surface area contributed by atoms with Crippen molar-refractivity contribution in [2.45, 2.75) is 5.66 Å². The molecule has 0 saturated heterocycles. The average Bonchev–Trinajstić information content (AvgIpc) is 3.75. The van der Waals surface area contributed by atoms with Gasteiger partial charge >= 0.3 is 5.66 Å². The van der Waals surface area contributed by atoms with Crippen molar-refractivity contribution in [1.82, 2.24) is 9.25 Å². The number of nitrogens with zero attached hydrogens (tertiary/aromatic N) is 4. The van der Waals surface area contributed by atoms with Crippen LogP contribution in [0.1, 0.15) is 11.1 Å². The van der Waals surface area contributed by atoms with Crippen molar-refractivity contribution in [3.8, 4) is 45.3 Å². The Morgan fingerprint density at radius 3 is 2.20 bits per heavy atom. The fourth-order valence-electron chi connectivity index (χ4n) is 8.05. The lowest BCUT2D eigenvalue weighted by atomic mass is 9.84. The highest BCUT2D eigenvalue weighted by atomic mass is 16.5. The van der Waals surface area contributed by atoms with Gasteiger partial charge in [-0.1, -0.05) is 83.5 Å². The summed E-state index contributed by atoms with van der Waals surface area (Å²) in [6.07, 6.45) is 6.82. The van der Waals surface area contributed by atoms with Crippen molar-refractivity contribution in [2.24, 2.45) is 0 Å². The summed E-state index contributed by atoms with van der Waals surface area (Å²) in [4.78, 5) is 0.